The minimum Gasteiger partial charge on any atom is -0.465 e. The first kappa shape index (κ1) is 22.9. The molecule has 1 atom stereocenters. The molecule has 4 heteroatoms. The van der Waals surface area contributed by atoms with Crippen LogP contribution in [0.2, 0.25) is 0 Å². The highest BCUT2D eigenvalue weighted by molar-refractivity contribution is 5.77. The van der Waals surface area contributed by atoms with Gasteiger partial charge in [-0.15, -0.1) is 0 Å². The average molecular weight is 343 g/mol. The van der Waals surface area contributed by atoms with E-state index in [-0.39, 0.29) is 30.9 Å². The fraction of sp³-hybridized carbons (Fsp3) is 0.900. The number of carbonyl (C=O) groups excluding carboxylic acids is 2. The summed E-state index contributed by atoms with van der Waals surface area (Å²) in [4.78, 5) is 23.4. The van der Waals surface area contributed by atoms with Crippen molar-refractivity contribution in [1.82, 2.24) is 0 Å². The van der Waals surface area contributed by atoms with Gasteiger partial charge in [-0.05, 0) is 25.7 Å². The third-order valence-corrected chi connectivity index (χ3v) is 4.46. The lowest BCUT2D eigenvalue weighted by molar-refractivity contribution is -0.153. The van der Waals surface area contributed by atoms with Crippen LogP contribution in [0.25, 0.3) is 0 Å². The molecule has 0 saturated heterocycles. The number of ether oxygens (including phenoxy) is 2. The number of hydrogen-bond donors (Lipinski definition) is 0. The van der Waals surface area contributed by atoms with Crippen molar-refractivity contribution in [1.29, 1.82) is 0 Å². The quantitative estimate of drug-likeness (QED) is 0.294. The second-order valence-corrected chi connectivity index (χ2v) is 6.72. The molecule has 0 aromatic carbocycles. The monoisotopic (exact) mass is 342 g/mol. The molecule has 0 amide bonds. The Bertz CT molecular complexity index is 324. The molecule has 0 aliphatic carbocycles. The Morgan fingerprint density at radius 2 is 1.42 bits per heavy atom. The van der Waals surface area contributed by atoms with Crippen LogP contribution < -0.4 is 0 Å². The molecule has 0 fully saturated rings. The Balaban J connectivity index is 3.67. The maximum atomic E-state index is 11.8. The third-order valence-electron chi connectivity index (χ3n) is 4.46. The van der Waals surface area contributed by atoms with Gasteiger partial charge in [-0.3, -0.25) is 9.59 Å². The van der Waals surface area contributed by atoms with Crippen molar-refractivity contribution in [3.05, 3.63) is 0 Å². The molecule has 0 N–H and O–H groups in total. The first-order chi connectivity index (χ1) is 11.5. The number of unbranched alkanes of at least 4 members (excludes halogenated alkanes) is 5. The van der Waals surface area contributed by atoms with E-state index in [0.29, 0.717) is 12.5 Å². The van der Waals surface area contributed by atoms with Crippen LogP contribution >= 0.6 is 0 Å². The standard InChI is InChI=1S/C20H38O4/c1-5-8-9-10-11-12-13-17(4)24-20(22)15-14-19(21)23-16-18(6-2)7-3/h17-18H,5-16H2,1-4H3. The second kappa shape index (κ2) is 15.5. The SMILES string of the molecule is CCCCCCCCC(C)OC(=O)CCC(=O)OCC(CC)CC. The molecule has 0 heterocycles. The lowest BCUT2D eigenvalue weighted by atomic mass is 10.1. The molecule has 0 saturated carbocycles. The van der Waals surface area contributed by atoms with Crippen LogP contribution in [0.4, 0.5) is 0 Å². The van der Waals surface area contributed by atoms with Crippen LogP contribution in [0.15, 0.2) is 0 Å². The van der Waals surface area contributed by atoms with E-state index in [1.807, 2.05) is 6.92 Å². The zero-order valence-electron chi connectivity index (χ0n) is 16.3. The van der Waals surface area contributed by atoms with Crippen LogP contribution in [0.1, 0.15) is 98.3 Å². The number of carbonyl (C=O) groups is 2. The van der Waals surface area contributed by atoms with E-state index >= 15 is 0 Å². The highest BCUT2D eigenvalue weighted by Crippen LogP contribution is 2.12. The minimum atomic E-state index is -0.303. The Morgan fingerprint density at radius 3 is 2.04 bits per heavy atom. The van der Waals surface area contributed by atoms with Crippen LogP contribution in [0.3, 0.4) is 0 Å². The topological polar surface area (TPSA) is 52.6 Å². The molecule has 0 radical (unpaired) electrons. The van der Waals surface area contributed by atoms with E-state index in [4.69, 9.17) is 9.47 Å². The van der Waals surface area contributed by atoms with Crippen molar-refractivity contribution in [3.63, 3.8) is 0 Å². The highest BCUT2D eigenvalue weighted by atomic mass is 16.5. The smallest absolute Gasteiger partial charge is 0.306 e. The van der Waals surface area contributed by atoms with Gasteiger partial charge in [0.1, 0.15) is 0 Å². The molecule has 0 aromatic rings. The van der Waals surface area contributed by atoms with Crippen LogP contribution in [-0.2, 0) is 19.1 Å². The first-order valence-electron chi connectivity index (χ1n) is 9.88. The van der Waals surface area contributed by atoms with Gasteiger partial charge in [0.2, 0.25) is 0 Å². The summed E-state index contributed by atoms with van der Waals surface area (Å²) in [5.41, 5.74) is 0. The third kappa shape index (κ3) is 13.4. The average Bonchev–Trinajstić information content (AvgIpc) is 2.57. The van der Waals surface area contributed by atoms with Gasteiger partial charge in [0.25, 0.3) is 0 Å². The molecule has 0 spiro atoms. The minimum absolute atomic E-state index is 0.0655. The van der Waals surface area contributed by atoms with E-state index in [1.165, 1.54) is 32.1 Å². The van der Waals surface area contributed by atoms with Gasteiger partial charge in [-0.2, -0.15) is 0 Å². The molecule has 24 heavy (non-hydrogen) atoms. The fourth-order valence-corrected chi connectivity index (χ4v) is 2.57. The van der Waals surface area contributed by atoms with Gasteiger partial charge in [0.05, 0.1) is 25.6 Å². The van der Waals surface area contributed by atoms with Gasteiger partial charge in [0, 0.05) is 0 Å². The summed E-state index contributed by atoms with van der Waals surface area (Å²) >= 11 is 0. The molecule has 0 aliphatic rings. The maximum Gasteiger partial charge on any atom is 0.306 e. The van der Waals surface area contributed by atoms with Gasteiger partial charge in [-0.1, -0.05) is 65.7 Å². The summed E-state index contributed by atoms with van der Waals surface area (Å²) in [7, 11) is 0. The van der Waals surface area contributed by atoms with Crippen molar-refractivity contribution in [3.8, 4) is 0 Å². The molecule has 0 bridgehead atoms. The zero-order chi connectivity index (χ0) is 18.2. The van der Waals surface area contributed by atoms with Crippen LogP contribution in [0.5, 0.6) is 0 Å². The first-order valence-corrected chi connectivity index (χ1v) is 9.88. The molecular formula is C20H38O4. The normalized spacial score (nSPS) is 12.2. The summed E-state index contributed by atoms with van der Waals surface area (Å²) in [6.07, 6.45) is 10.5. The molecule has 0 aromatic heterocycles. The van der Waals surface area contributed by atoms with E-state index in [1.54, 1.807) is 0 Å². The van der Waals surface area contributed by atoms with Gasteiger partial charge >= 0.3 is 11.9 Å². The number of hydrogen-bond acceptors (Lipinski definition) is 4. The lowest BCUT2D eigenvalue weighted by Crippen LogP contribution is -2.17. The summed E-state index contributed by atoms with van der Waals surface area (Å²) in [5.74, 6) is -0.186. The second-order valence-electron chi connectivity index (χ2n) is 6.72. The molecular weight excluding hydrogens is 304 g/mol. The Labute approximate surface area is 148 Å². The van der Waals surface area contributed by atoms with Crippen LogP contribution in [-0.4, -0.2) is 24.6 Å². The summed E-state index contributed by atoms with van der Waals surface area (Å²) in [5, 5.41) is 0. The van der Waals surface area contributed by atoms with E-state index < -0.39 is 0 Å². The van der Waals surface area contributed by atoms with Gasteiger partial charge < -0.3 is 9.47 Å². The van der Waals surface area contributed by atoms with Crippen molar-refractivity contribution in [2.75, 3.05) is 6.61 Å². The van der Waals surface area contributed by atoms with Gasteiger partial charge in [0.15, 0.2) is 0 Å². The maximum absolute atomic E-state index is 11.8. The fourth-order valence-electron chi connectivity index (χ4n) is 2.57. The number of rotatable bonds is 15. The van der Waals surface area contributed by atoms with Crippen molar-refractivity contribution >= 4 is 11.9 Å². The van der Waals surface area contributed by atoms with Crippen molar-refractivity contribution in [2.45, 2.75) is 104 Å². The highest BCUT2D eigenvalue weighted by Gasteiger charge is 2.13. The zero-order valence-corrected chi connectivity index (χ0v) is 16.3. The molecule has 0 aliphatic heterocycles. The Kier molecular flexibility index (Phi) is 14.8. The molecule has 142 valence electrons. The largest absolute Gasteiger partial charge is 0.465 e. The van der Waals surface area contributed by atoms with E-state index in [9.17, 15) is 9.59 Å². The Hall–Kier alpha value is -1.06. The Morgan fingerprint density at radius 1 is 0.833 bits per heavy atom. The molecule has 4 nitrogen and oxygen atoms in total. The molecule has 1 unspecified atom stereocenters. The lowest BCUT2D eigenvalue weighted by Gasteiger charge is -2.14. The summed E-state index contributed by atoms with van der Waals surface area (Å²) in [6.45, 7) is 8.77. The summed E-state index contributed by atoms with van der Waals surface area (Å²) < 4.78 is 10.6. The predicted molar refractivity (Wildman–Crippen MR) is 97.8 cm³/mol. The van der Waals surface area contributed by atoms with Gasteiger partial charge in [-0.25, -0.2) is 0 Å². The molecule has 0 rings (SSSR count). The van der Waals surface area contributed by atoms with Crippen molar-refractivity contribution < 1.29 is 19.1 Å². The van der Waals surface area contributed by atoms with Crippen LogP contribution in [0, 0.1) is 5.92 Å². The van der Waals surface area contributed by atoms with Crippen molar-refractivity contribution in [2.24, 2.45) is 5.92 Å². The predicted octanol–water partition coefficient (Wildman–Crippen LogP) is 5.43. The summed E-state index contributed by atoms with van der Waals surface area (Å²) in [6, 6.07) is 0. The number of esters is 2. The van der Waals surface area contributed by atoms with E-state index in [2.05, 4.69) is 20.8 Å². The van der Waals surface area contributed by atoms with E-state index in [0.717, 1.165) is 25.7 Å².